The fraction of sp³-hybridized carbons (Fsp3) is 0.222. The molecule has 0 heterocycles. The van der Waals surface area contributed by atoms with Gasteiger partial charge in [-0.05, 0) is 81.6 Å². The van der Waals surface area contributed by atoms with E-state index in [-0.39, 0.29) is 11.7 Å². The van der Waals surface area contributed by atoms with Crippen molar-refractivity contribution in [2.24, 2.45) is 0 Å². The maximum Gasteiger partial charge on any atom is 0.276 e. The molecule has 0 bridgehead atoms. The van der Waals surface area contributed by atoms with Crippen LogP contribution in [0.1, 0.15) is 41.3 Å². The molecule has 9 heteroatoms. The minimum atomic E-state index is -0.455. The first kappa shape index (κ1) is 27.2. The van der Waals surface area contributed by atoms with Gasteiger partial charge in [-0.1, -0.05) is 50.2 Å². The van der Waals surface area contributed by atoms with Gasteiger partial charge < -0.3 is 9.47 Å². The molecule has 0 fully saturated rings. The monoisotopic (exact) mass is 569 g/mol. The van der Waals surface area contributed by atoms with Crippen LogP contribution in [0.5, 0.6) is 11.5 Å². The summed E-state index contributed by atoms with van der Waals surface area (Å²) in [4.78, 5) is 24.5. The van der Waals surface area contributed by atoms with E-state index in [9.17, 15) is 9.59 Å². The number of ether oxygens (including phenoxy) is 2. The summed E-state index contributed by atoms with van der Waals surface area (Å²) in [5.41, 5.74) is 7.65. The van der Waals surface area contributed by atoms with Gasteiger partial charge in [0, 0.05) is 12.0 Å². The largest absolute Gasteiger partial charge is 0.493 e. The highest BCUT2D eigenvalue weighted by atomic mass is 79.9. The van der Waals surface area contributed by atoms with E-state index in [0.717, 1.165) is 16.5 Å². The molecule has 0 aromatic heterocycles. The van der Waals surface area contributed by atoms with Crippen molar-refractivity contribution < 1.29 is 19.1 Å². The van der Waals surface area contributed by atoms with E-state index in [1.165, 1.54) is 5.56 Å². The van der Waals surface area contributed by atoms with Crippen LogP contribution in [-0.2, 0) is 11.2 Å². The Labute approximate surface area is 224 Å². The summed E-state index contributed by atoms with van der Waals surface area (Å²) in [5, 5.41) is 2.47. The third-order valence-corrected chi connectivity index (χ3v) is 5.97. The third-order valence-electron chi connectivity index (χ3n) is 5.14. The summed E-state index contributed by atoms with van der Waals surface area (Å²) in [5.74, 6) is 0.737. The zero-order chi connectivity index (χ0) is 25.9. The van der Waals surface area contributed by atoms with Crippen molar-refractivity contribution in [3.63, 3.8) is 0 Å². The minimum absolute atomic E-state index is 0.0426. The lowest BCUT2D eigenvalue weighted by molar-refractivity contribution is -0.123. The van der Waals surface area contributed by atoms with Gasteiger partial charge in [-0.15, -0.1) is 0 Å². The minimum Gasteiger partial charge on any atom is -0.493 e. The Bertz CT molecular complexity index is 1190. The average molecular weight is 571 g/mol. The number of benzene rings is 3. The van der Waals surface area contributed by atoms with Gasteiger partial charge in [-0.2, -0.15) is 0 Å². The van der Waals surface area contributed by atoms with Gasteiger partial charge in [-0.3, -0.25) is 25.8 Å². The standard InChI is InChI=1S/C27H28BrN3O4S/c1-18(2)21-10-13-24(23(28)16-21)35-17-25(32)30-31-27(36)29-26(33)20-8-11-22(12-9-20)34-15-14-19-6-4-3-5-7-19/h3-13,16,18H,14-15,17H2,1-2H3,(H,30,32)(H2,29,31,33,36). The molecule has 3 aromatic rings. The maximum atomic E-state index is 12.4. The Hall–Kier alpha value is -3.43. The molecule has 3 N–H and O–H groups in total. The van der Waals surface area contributed by atoms with Gasteiger partial charge in [0.15, 0.2) is 11.7 Å². The number of nitrogens with one attached hydrogen (secondary N) is 3. The number of thiocarbonyl (C=S) groups is 1. The quantitative estimate of drug-likeness (QED) is 0.251. The van der Waals surface area contributed by atoms with Crippen LogP contribution in [0.2, 0.25) is 0 Å². The van der Waals surface area contributed by atoms with Gasteiger partial charge in [0.05, 0.1) is 11.1 Å². The Morgan fingerprint density at radius 2 is 1.67 bits per heavy atom. The fourth-order valence-electron chi connectivity index (χ4n) is 3.14. The van der Waals surface area contributed by atoms with Crippen LogP contribution in [0, 0.1) is 0 Å². The van der Waals surface area contributed by atoms with Gasteiger partial charge in [0.2, 0.25) is 0 Å². The van der Waals surface area contributed by atoms with Gasteiger partial charge >= 0.3 is 0 Å². The molecule has 3 rings (SSSR count). The second-order valence-corrected chi connectivity index (χ2v) is 9.46. The second kappa shape index (κ2) is 13.6. The lowest BCUT2D eigenvalue weighted by atomic mass is 10.0. The number of hydrogen-bond donors (Lipinski definition) is 3. The number of carbonyl (C=O) groups is 2. The summed E-state index contributed by atoms with van der Waals surface area (Å²) in [6.45, 7) is 4.50. The molecule has 0 saturated carbocycles. The fourth-order valence-corrected chi connectivity index (χ4v) is 3.79. The smallest absolute Gasteiger partial charge is 0.276 e. The molecule has 0 unspecified atom stereocenters. The van der Waals surface area contributed by atoms with Crippen molar-refractivity contribution in [1.29, 1.82) is 0 Å². The first-order valence-corrected chi connectivity index (χ1v) is 12.6. The van der Waals surface area contributed by atoms with Crippen LogP contribution in [0.15, 0.2) is 77.3 Å². The Morgan fingerprint density at radius 3 is 2.33 bits per heavy atom. The molecule has 0 radical (unpaired) electrons. The highest BCUT2D eigenvalue weighted by Crippen LogP contribution is 2.28. The predicted molar refractivity (Wildman–Crippen MR) is 147 cm³/mol. The van der Waals surface area contributed by atoms with Crippen molar-refractivity contribution in [3.05, 3.63) is 94.0 Å². The molecule has 0 spiro atoms. The van der Waals surface area contributed by atoms with Crippen molar-refractivity contribution in [2.45, 2.75) is 26.2 Å². The molecular weight excluding hydrogens is 542 g/mol. The molecular formula is C27H28BrN3O4S. The van der Waals surface area contributed by atoms with Crippen molar-refractivity contribution in [3.8, 4) is 11.5 Å². The summed E-state index contributed by atoms with van der Waals surface area (Å²) in [6, 6.07) is 22.5. The zero-order valence-corrected chi connectivity index (χ0v) is 22.4. The Balaban J connectivity index is 1.37. The van der Waals surface area contributed by atoms with Gasteiger partial charge in [-0.25, -0.2) is 0 Å². The summed E-state index contributed by atoms with van der Waals surface area (Å²) in [7, 11) is 0. The van der Waals surface area contributed by atoms with Crippen LogP contribution in [-0.4, -0.2) is 30.1 Å². The number of hydrogen-bond acceptors (Lipinski definition) is 5. The molecule has 0 saturated heterocycles. The average Bonchev–Trinajstić information content (AvgIpc) is 2.87. The van der Waals surface area contributed by atoms with Crippen molar-refractivity contribution in [2.75, 3.05) is 13.2 Å². The predicted octanol–water partition coefficient (Wildman–Crippen LogP) is 4.91. The number of hydrazine groups is 1. The topological polar surface area (TPSA) is 88.7 Å². The van der Waals surface area contributed by atoms with Crippen LogP contribution in [0.4, 0.5) is 0 Å². The highest BCUT2D eigenvalue weighted by Gasteiger charge is 2.11. The Morgan fingerprint density at radius 1 is 0.944 bits per heavy atom. The SMILES string of the molecule is CC(C)c1ccc(OCC(=O)NNC(=S)NC(=O)c2ccc(OCCc3ccccc3)cc2)c(Br)c1. The van der Waals surface area contributed by atoms with E-state index in [1.54, 1.807) is 24.3 Å². The number of amides is 2. The van der Waals surface area contributed by atoms with Crippen molar-refractivity contribution in [1.82, 2.24) is 16.2 Å². The molecule has 188 valence electrons. The number of halogens is 1. The zero-order valence-electron chi connectivity index (χ0n) is 20.0. The second-order valence-electron chi connectivity index (χ2n) is 8.20. The first-order valence-electron chi connectivity index (χ1n) is 11.4. The lowest BCUT2D eigenvalue weighted by Gasteiger charge is -2.13. The van der Waals surface area contributed by atoms with Crippen LogP contribution in [0.25, 0.3) is 0 Å². The highest BCUT2D eigenvalue weighted by molar-refractivity contribution is 9.10. The van der Waals surface area contributed by atoms with Gasteiger partial charge in [0.25, 0.3) is 11.8 Å². The van der Waals surface area contributed by atoms with Gasteiger partial charge in [0.1, 0.15) is 11.5 Å². The van der Waals surface area contributed by atoms with Crippen LogP contribution >= 0.6 is 28.1 Å². The molecule has 0 aliphatic carbocycles. The van der Waals surface area contributed by atoms with Crippen molar-refractivity contribution >= 4 is 45.1 Å². The molecule has 0 atom stereocenters. The van der Waals surface area contributed by atoms with E-state index in [0.29, 0.717) is 29.6 Å². The molecule has 0 aliphatic heterocycles. The molecule has 0 aliphatic rings. The van der Waals surface area contributed by atoms with E-state index in [4.69, 9.17) is 21.7 Å². The molecule has 7 nitrogen and oxygen atoms in total. The lowest BCUT2D eigenvalue weighted by Crippen LogP contribution is -2.49. The Kier molecular flexibility index (Phi) is 10.3. The molecule has 36 heavy (non-hydrogen) atoms. The summed E-state index contributed by atoms with van der Waals surface area (Å²) < 4.78 is 12.0. The molecule has 3 aromatic carbocycles. The summed E-state index contributed by atoms with van der Waals surface area (Å²) in [6.07, 6.45) is 0.793. The molecule has 2 amide bonds. The van der Waals surface area contributed by atoms with E-state index < -0.39 is 11.8 Å². The van der Waals surface area contributed by atoms with Crippen LogP contribution in [0.3, 0.4) is 0 Å². The normalized spacial score (nSPS) is 10.4. The first-order chi connectivity index (χ1) is 17.3. The maximum absolute atomic E-state index is 12.4. The van der Waals surface area contributed by atoms with E-state index in [1.807, 2.05) is 48.5 Å². The number of rotatable bonds is 9. The van der Waals surface area contributed by atoms with E-state index >= 15 is 0 Å². The third kappa shape index (κ3) is 8.66. The summed E-state index contributed by atoms with van der Waals surface area (Å²) >= 11 is 8.54. The van der Waals surface area contributed by atoms with E-state index in [2.05, 4.69) is 45.9 Å². The number of carbonyl (C=O) groups excluding carboxylic acids is 2. The van der Waals surface area contributed by atoms with Crippen LogP contribution < -0.4 is 25.6 Å².